The third-order valence-corrected chi connectivity index (χ3v) is 2.82. The van der Waals surface area contributed by atoms with Crippen molar-refractivity contribution >= 4 is 20.1 Å². The maximum atomic E-state index is 11.4. The zero-order valence-corrected chi connectivity index (χ0v) is 9.64. The Labute approximate surface area is 86.6 Å². The van der Waals surface area contributed by atoms with Crippen LogP contribution >= 0.6 is 8.86 Å². The highest BCUT2D eigenvalue weighted by molar-refractivity contribution is 7.26. The monoisotopic (exact) mass is 207 g/mol. The maximum absolute atomic E-state index is 11.4. The van der Waals surface area contributed by atoms with Gasteiger partial charge in [0.2, 0.25) is 0 Å². The summed E-state index contributed by atoms with van der Waals surface area (Å²) in [4.78, 5) is 11.4. The zero-order valence-electron chi connectivity index (χ0n) is 8.64. The lowest BCUT2D eigenvalue weighted by molar-refractivity contribution is -0.114. The first-order valence-corrected chi connectivity index (χ1v) is 4.95. The van der Waals surface area contributed by atoms with E-state index in [1.807, 2.05) is 32.0 Å². The molecule has 0 aliphatic rings. The Morgan fingerprint density at radius 3 is 2.57 bits per heavy atom. The van der Waals surface area contributed by atoms with Gasteiger partial charge in [-0.05, 0) is 30.5 Å². The van der Waals surface area contributed by atoms with Gasteiger partial charge in [-0.25, -0.2) is 0 Å². The first-order chi connectivity index (χ1) is 6.57. The summed E-state index contributed by atoms with van der Waals surface area (Å²) in [6, 6.07) is 5.91. The summed E-state index contributed by atoms with van der Waals surface area (Å²) in [7, 11) is 4.97. The van der Waals surface area contributed by atoms with Crippen LogP contribution in [0, 0.1) is 13.8 Å². The van der Waals surface area contributed by atoms with Gasteiger partial charge in [0, 0.05) is 7.05 Å². The second kappa shape index (κ2) is 4.39. The van der Waals surface area contributed by atoms with E-state index in [1.54, 1.807) is 7.05 Å². The molecule has 0 saturated heterocycles. The number of aryl methyl sites for hydroxylation is 1. The minimum Gasteiger partial charge on any atom is -0.355 e. The van der Waals surface area contributed by atoms with Crippen molar-refractivity contribution in [1.82, 2.24) is 5.32 Å². The fourth-order valence-corrected chi connectivity index (χ4v) is 1.67. The van der Waals surface area contributed by atoms with Crippen LogP contribution in [0.5, 0.6) is 0 Å². The van der Waals surface area contributed by atoms with Crippen molar-refractivity contribution in [1.29, 1.82) is 0 Å². The minimum atomic E-state index is -0.102. The molecule has 1 aromatic carbocycles. The van der Waals surface area contributed by atoms with Gasteiger partial charge in [-0.1, -0.05) is 18.2 Å². The molecule has 3 heteroatoms. The van der Waals surface area contributed by atoms with Crippen molar-refractivity contribution < 1.29 is 4.79 Å². The van der Waals surface area contributed by atoms with Crippen molar-refractivity contribution in [3.8, 4) is 0 Å². The molecule has 0 saturated carbocycles. The molecule has 0 radical (unpaired) electrons. The standard InChI is InChI=1S/C11H14NOP/c1-7-5-4-6-9(8(7)2)10(14)11(13)12-3/h4-6,14H,1-3H3,(H,12,13). The molecule has 0 unspecified atom stereocenters. The highest BCUT2D eigenvalue weighted by Gasteiger charge is 2.10. The van der Waals surface area contributed by atoms with Gasteiger partial charge >= 0.3 is 0 Å². The molecule has 0 spiro atoms. The maximum Gasteiger partial charge on any atom is 0.255 e. The molecule has 0 aliphatic heterocycles. The summed E-state index contributed by atoms with van der Waals surface area (Å²) in [5.41, 5.74) is 3.25. The van der Waals surface area contributed by atoms with Crippen LogP contribution < -0.4 is 5.32 Å². The number of carbonyl (C=O) groups is 1. The highest BCUT2D eigenvalue weighted by Crippen LogP contribution is 2.14. The lowest BCUT2D eigenvalue weighted by atomic mass is 10.0. The SMILES string of the molecule is CNC(=O)C(=P)c1cccc(C)c1C. The molecule has 0 atom stereocenters. The van der Waals surface area contributed by atoms with Crippen LogP contribution in [0.4, 0.5) is 0 Å². The van der Waals surface area contributed by atoms with E-state index in [4.69, 9.17) is 0 Å². The Balaban J connectivity index is 3.14. The van der Waals surface area contributed by atoms with E-state index in [2.05, 4.69) is 14.2 Å². The van der Waals surface area contributed by atoms with Crippen LogP contribution in [0.25, 0.3) is 0 Å². The van der Waals surface area contributed by atoms with Crippen LogP contribution in [0.1, 0.15) is 16.7 Å². The summed E-state index contributed by atoms with van der Waals surface area (Å²) >= 11 is 0. The predicted octanol–water partition coefficient (Wildman–Crippen LogP) is 1.71. The molecule has 0 heterocycles. The summed E-state index contributed by atoms with van der Waals surface area (Å²) in [6.07, 6.45) is 0. The molecule has 0 aliphatic carbocycles. The van der Waals surface area contributed by atoms with Crippen LogP contribution in [-0.4, -0.2) is 18.2 Å². The third kappa shape index (κ3) is 2.02. The number of hydrogen-bond donors (Lipinski definition) is 1. The lowest BCUT2D eigenvalue weighted by Gasteiger charge is -2.09. The number of rotatable bonds is 2. The Morgan fingerprint density at radius 2 is 2.00 bits per heavy atom. The topological polar surface area (TPSA) is 29.1 Å². The lowest BCUT2D eigenvalue weighted by Crippen LogP contribution is -2.27. The first-order valence-electron chi connectivity index (χ1n) is 4.45. The molecule has 1 N–H and O–H groups in total. The van der Waals surface area contributed by atoms with Crippen LogP contribution in [-0.2, 0) is 4.79 Å². The molecular formula is C11H14NOP. The van der Waals surface area contributed by atoms with Crippen molar-refractivity contribution in [2.75, 3.05) is 7.05 Å². The largest absolute Gasteiger partial charge is 0.355 e. The average molecular weight is 207 g/mol. The van der Waals surface area contributed by atoms with Crippen molar-refractivity contribution in [2.45, 2.75) is 13.8 Å². The van der Waals surface area contributed by atoms with E-state index in [0.29, 0.717) is 5.29 Å². The third-order valence-electron chi connectivity index (χ3n) is 2.33. The quantitative estimate of drug-likeness (QED) is 0.735. The predicted molar refractivity (Wildman–Crippen MR) is 62.4 cm³/mol. The average Bonchev–Trinajstić information content (AvgIpc) is 2.20. The zero-order chi connectivity index (χ0) is 10.7. The molecule has 1 amide bonds. The van der Waals surface area contributed by atoms with Gasteiger partial charge < -0.3 is 5.32 Å². The van der Waals surface area contributed by atoms with Gasteiger partial charge in [0.1, 0.15) is 0 Å². The summed E-state index contributed by atoms with van der Waals surface area (Å²) < 4.78 is 0. The molecule has 1 rings (SSSR count). The molecule has 1 aromatic rings. The number of hydrogen-bond acceptors (Lipinski definition) is 1. The molecule has 0 bridgehead atoms. The van der Waals surface area contributed by atoms with E-state index >= 15 is 0 Å². The number of carbonyl (C=O) groups excluding carboxylic acids is 1. The second-order valence-corrected chi connectivity index (χ2v) is 3.70. The van der Waals surface area contributed by atoms with Crippen molar-refractivity contribution in [3.63, 3.8) is 0 Å². The summed E-state index contributed by atoms with van der Waals surface area (Å²) in [5, 5.41) is 3.16. The molecule has 14 heavy (non-hydrogen) atoms. The Kier molecular flexibility index (Phi) is 3.43. The van der Waals surface area contributed by atoms with Gasteiger partial charge in [0.05, 0.1) is 5.29 Å². The van der Waals surface area contributed by atoms with Crippen molar-refractivity contribution in [3.05, 3.63) is 34.9 Å². The number of likely N-dealkylation sites (N-methyl/N-ethyl adjacent to an activating group) is 1. The molecule has 74 valence electrons. The van der Waals surface area contributed by atoms with Gasteiger partial charge in [0.25, 0.3) is 5.91 Å². The molecule has 2 nitrogen and oxygen atoms in total. The van der Waals surface area contributed by atoms with E-state index in [-0.39, 0.29) is 5.91 Å². The van der Waals surface area contributed by atoms with E-state index in [9.17, 15) is 4.79 Å². The minimum absolute atomic E-state index is 0.102. The Bertz CT molecular complexity index is 385. The van der Waals surface area contributed by atoms with E-state index in [1.165, 1.54) is 5.56 Å². The molecule has 0 fully saturated rings. The van der Waals surface area contributed by atoms with E-state index < -0.39 is 0 Å². The fraction of sp³-hybridized carbons (Fsp3) is 0.273. The van der Waals surface area contributed by atoms with Gasteiger partial charge in [-0.3, -0.25) is 4.79 Å². The van der Waals surface area contributed by atoms with Crippen LogP contribution in [0.3, 0.4) is 0 Å². The summed E-state index contributed by atoms with van der Waals surface area (Å²) in [6.45, 7) is 4.04. The second-order valence-electron chi connectivity index (χ2n) is 3.20. The Morgan fingerprint density at radius 1 is 1.36 bits per heavy atom. The number of nitrogens with one attached hydrogen (secondary N) is 1. The summed E-state index contributed by atoms with van der Waals surface area (Å²) in [5.74, 6) is -0.102. The number of amides is 1. The molecule has 0 aromatic heterocycles. The first kappa shape index (κ1) is 10.9. The highest BCUT2D eigenvalue weighted by atomic mass is 31.0. The smallest absolute Gasteiger partial charge is 0.255 e. The van der Waals surface area contributed by atoms with Crippen LogP contribution in [0.15, 0.2) is 18.2 Å². The van der Waals surface area contributed by atoms with Crippen LogP contribution in [0.2, 0.25) is 0 Å². The normalized spacial score (nSPS) is 9.64. The fourth-order valence-electron chi connectivity index (χ4n) is 1.27. The van der Waals surface area contributed by atoms with Gasteiger partial charge in [0.15, 0.2) is 0 Å². The number of benzene rings is 1. The van der Waals surface area contributed by atoms with Gasteiger partial charge in [-0.15, -0.1) is 8.86 Å². The van der Waals surface area contributed by atoms with Gasteiger partial charge in [-0.2, -0.15) is 0 Å². The van der Waals surface area contributed by atoms with E-state index in [0.717, 1.165) is 11.1 Å². The molecular weight excluding hydrogens is 193 g/mol. The van der Waals surface area contributed by atoms with Crippen molar-refractivity contribution in [2.24, 2.45) is 0 Å². The Hall–Kier alpha value is -1.14.